The fourth-order valence-electron chi connectivity index (χ4n) is 2.49. The molecule has 2 rings (SSSR count). The van der Waals surface area contributed by atoms with E-state index >= 15 is 0 Å². The fraction of sp³-hybridized carbons (Fsp3) is 0.294. The van der Waals surface area contributed by atoms with Crippen molar-refractivity contribution in [2.45, 2.75) is 26.3 Å². The maximum absolute atomic E-state index is 13.2. The highest BCUT2D eigenvalue weighted by atomic mass is 19.1. The molecule has 0 aliphatic carbocycles. The second kappa shape index (κ2) is 6.53. The van der Waals surface area contributed by atoms with Gasteiger partial charge in [0, 0.05) is 6.04 Å². The van der Waals surface area contributed by atoms with Gasteiger partial charge in [0.25, 0.3) is 0 Å². The molecular formula is C17H20FNO. The van der Waals surface area contributed by atoms with E-state index in [1.54, 1.807) is 18.2 Å². The molecule has 0 saturated heterocycles. The summed E-state index contributed by atoms with van der Waals surface area (Å²) in [7, 11) is 0. The molecule has 2 aromatic rings. The van der Waals surface area contributed by atoms with Crippen molar-refractivity contribution in [1.82, 2.24) is 5.32 Å². The number of phenolic OH excluding ortho intramolecular Hbond substituents is 1. The van der Waals surface area contributed by atoms with E-state index < -0.39 is 0 Å². The summed E-state index contributed by atoms with van der Waals surface area (Å²) >= 11 is 0. The molecule has 106 valence electrons. The zero-order valence-electron chi connectivity index (χ0n) is 11.9. The SMILES string of the molecule is CCNC(Cc1cccc(O)c1)c1ccc(F)cc1C. The maximum Gasteiger partial charge on any atom is 0.123 e. The second-order valence-corrected chi connectivity index (χ2v) is 4.99. The second-order valence-electron chi connectivity index (χ2n) is 4.99. The average molecular weight is 273 g/mol. The highest BCUT2D eigenvalue weighted by molar-refractivity contribution is 5.33. The van der Waals surface area contributed by atoms with E-state index in [9.17, 15) is 9.50 Å². The number of aryl methyl sites for hydroxylation is 1. The Labute approximate surface area is 119 Å². The summed E-state index contributed by atoms with van der Waals surface area (Å²) in [6, 6.07) is 12.3. The lowest BCUT2D eigenvalue weighted by Crippen LogP contribution is -2.23. The van der Waals surface area contributed by atoms with Gasteiger partial charge in [-0.1, -0.05) is 25.1 Å². The number of hydrogen-bond acceptors (Lipinski definition) is 2. The van der Waals surface area contributed by atoms with Gasteiger partial charge in [-0.3, -0.25) is 0 Å². The molecule has 0 amide bonds. The van der Waals surface area contributed by atoms with Crippen molar-refractivity contribution in [2.24, 2.45) is 0 Å². The summed E-state index contributed by atoms with van der Waals surface area (Å²) in [5.41, 5.74) is 3.09. The van der Waals surface area contributed by atoms with Crippen LogP contribution in [0.25, 0.3) is 0 Å². The lowest BCUT2D eigenvalue weighted by Gasteiger charge is -2.20. The number of likely N-dealkylation sites (N-methyl/N-ethyl adjacent to an activating group) is 1. The largest absolute Gasteiger partial charge is 0.508 e. The Balaban J connectivity index is 2.26. The quantitative estimate of drug-likeness (QED) is 0.870. The normalized spacial score (nSPS) is 12.3. The standard InChI is InChI=1S/C17H20FNO/c1-3-19-17(11-13-5-4-6-15(20)10-13)16-8-7-14(18)9-12(16)2/h4-10,17,19-20H,3,11H2,1-2H3. The van der Waals surface area contributed by atoms with Gasteiger partial charge in [0.2, 0.25) is 0 Å². The number of hydrogen-bond donors (Lipinski definition) is 2. The van der Waals surface area contributed by atoms with E-state index in [-0.39, 0.29) is 17.6 Å². The van der Waals surface area contributed by atoms with Crippen LogP contribution >= 0.6 is 0 Å². The Kier molecular flexibility index (Phi) is 4.74. The summed E-state index contributed by atoms with van der Waals surface area (Å²) in [4.78, 5) is 0. The Hall–Kier alpha value is -1.87. The minimum absolute atomic E-state index is 0.113. The molecule has 1 atom stereocenters. The summed E-state index contributed by atoms with van der Waals surface area (Å²) in [5.74, 6) is 0.0624. The molecule has 20 heavy (non-hydrogen) atoms. The molecule has 0 spiro atoms. The van der Waals surface area contributed by atoms with Gasteiger partial charge in [-0.15, -0.1) is 0 Å². The van der Waals surface area contributed by atoms with Crippen LogP contribution in [0.5, 0.6) is 5.75 Å². The Morgan fingerprint density at radius 3 is 2.65 bits per heavy atom. The molecule has 0 heterocycles. The molecule has 0 aliphatic heterocycles. The highest BCUT2D eigenvalue weighted by Crippen LogP contribution is 2.24. The van der Waals surface area contributed by atoms with Crippen LogP contribution in [-0.2, 0) is 6.42 Å². The first-order chi connectivity index (χ1) is 9.60. The van der Waals surface area contributed by atoms with E-state index in [2.05, 4.69) is 5.32 Å². The Morgan fingerprint density at radius 2 is 2.00 bits per heavy atom. The minimum Gasteiger partial charge on any atom is -0.508 e. The van der Waals surface area contributed by atoms with Crippen LogP contribution in [-0.4, -0.2) is 11.7 Å². The number of halogens is 1. The van der Waals surface area contributed by atoms with Crippen molar-refractivity contribution in [2.75, 3.05) is 6.54 Å². The van der Waals surface area contributed by atoms with Crippen LogP contribution in [0, 0.1) is 12.7 Å². The zero-order valence-corrected chi connectivity index (χ0v) is 11.9. The molecular weight excluding hydrogens is 253 g/mol. The number of aromatic hydroxyl groups is 1. The predicted molar refractivity (Wildman–Crippen MR) is 79.4 cm³/mol. The van der Waals surface area contributed by atoms with Gasteiger partial charge in [0.15, 0.2) is 0 Å². The molecule has 2 N–H and O–H groups in total. The topological polar surface area (TPSA) is 32.3 Å². The first kappa shape index (κ1) is 14.5. The summed E-state index contributed by atoms with van der Waals surface area (Å²) < 4.78 is 13.2. The first-order valence-electron chi connectivity index (χ1n) is 6.87. The molecule has 3 heteroatoms. The van der Waals surface area contributed by atoms with Gasteiger partial charge in [0.05, 0.1) is 0 Å². The molecule has 0 bridgehead atoms. The third-order valence-electron chi connectivity index (χ3n) is 3.41. The van der Waals surface area contributed by atoms with Gasteiger partial charge in [-0.2, -0.15) is 0 Å². The molecule has 0 aliphatic rings. The maximum atomic E-state index is 13.2. The van der Waals surface area contributed by atoms with Crippen molar-refractivity contribution in [3.05, 3.63) is 65.0 Å². The molecule has 0 radical (unpaired) electrons. The van der Waals surface area contributed by atoms with E-state index in [0.717, 1.165) is 29.7 Å². The van der Waals surface area contributed by atoms with Gasteiger partial charge in [-0.25, -0.2) is 4.39 Å². The smallest absolute Gasteiger partial charge is 0.123 e. The number of benzene rings is 2. The van der Waals surface area contributed by atoms with Crippen LogP contribution in [0.4, 0.5) is 4.39 Å². The van der Waals surface area contributed by atoms with Crippen LogP contribution < -0.4 is 5.32 Å². The van der Waals surface area contributed by atoms with Crippen LogP contribution in [0.3, 0.4) is 0 Å². The van der Waals surface area contributed by atoms with Gasteiger partial charge in [-0.05, 0) is 60.8 Å². The lowest BCUT2D eigenvalue weighted by atomic mass is 9.95. The van der Waals surface area contributed by atoms with Crippen molar-refractivity contribution >= 4 is 0 Å². The monoisotopic (exact) mass is 273 g/mol. The molecule has 0 aromatic heterocycles. The zero-order chi connectivity index (χ0) is 14.5. The third kappa shape index (κ3) is 3.58. The average Bonchev–Trinajstić information content (AvgIpc) is 2.38. The van der Waals surface area contributed by atoms with Crippen molar-refractivity contribution in [3.63, 3.8) is 0 Å². The molecule has 1 unspecified atom stereocenters. The summed E-state index contributed by atoms with van der Waals surface area (Å²) in [6.07, 6.45) is 0.759. The van der Waals surface area contributed by atoms with Crippen molar-refractivity contribution in [3.8, 4) is 5.75 Å². The molecule has 0 fully saturated rings. The van der Waals surface area contributed by atoms with Crippen molar-refractivity contribution < 1.29 is 9.50 Å². The Bertz CT molecular complexity index is 583. The highest BCUT2D eigenvalue weighted by Gasteiger charge is 2.14. The van der Waals surface area contributed by atoms with E-state index in [4.69, 9.17) is 0 Å². The molecule has 0 saturated carbocycles. The summed E-state index contributed by atoms with van der Waals surface area (Å²) in [6.45, 7) is 4.81. The fourth-order valence-corrected chi connectivity index (χ4v) is 2.49. The summed E-state index contributed by atoms with van der Waals surface area (Å²) in [5, 5.41) is 13.0. The van der Waals surface area contributed by atoms with Gasteiger partial charge in [0.1, 0.15) is 11.6 Å². The van der Waals surface area contributed by atoms with Crippen molar-refractivity contribution in [1.29, 1.82) is 0 Å². The van der Waals surface area contributed by atoms with E-state index in [0.29, 0.717) is 0 Å². The van der Waals surface area contributed by atoms with E-state index in [1.807, 2.05) is 32.0 Å². The molecule has 2 nitrogen and oxygen atoms in total. The Morgan fingerprint density at radius 1 is 1.20 bits per heavy atom. The minimum atomic E-state index is -0.209. The number of phenols is 1. The predicted octanol–water partition coefficient (Wildman–Crippen LogP) is 3.73. The van der Waals surface area contributed by atoms with E-state index in [1.165, 1.54) is 6.07 Å². The van der Waals surface area contributed by atoms with Crippen LogP contribution in [0.1, 0.15) is 29.7 Å². The number of rotatable bonds is 5. The van der Waals surface area contributed by atoms with Gasteiger partial charge < -0.3 is 10.4 Å². The first-order valence-corrected chi connectivity index (χ1v) is 6.87. The van der Waals surface area contributed by atoms with Crippen LogP contribution in [0.15, 0.2) is 42.5 Å². The lowest BCUT2D eigenvalue weighted by molar-refractivity contribution is 0.473. The third-order valence-corrected chi connectivity index (χ3v) is 3.41. The van der Waals surface area contributed by atoms with Gasteiger partial charge >= 0.3 is 0 Å². The molecule has 2 aromatic carbocycles. The number of nitrogens with one attached hydrogen (secondary N) is 1. The van der Waals surface area contributed by atoms with Crippen LogP contribution in [0.2, 0.25) is 0 Å².